The van der Waals surface area contributed by atoms with Crippen LogP contribution in [0.1, 0.15) is 12.8 Å². The number of ether oxygens (including phenoxy) is 1. The molecule has 1 amide bonds. The minimum atomic E-state index is -5.08. The normalized spacial score (nSPS) is 15.8. The molecule has 0 aliphatic carbocycles. The fourth-order valence-corrected chi connectivity index (χ4v) is 3.31. The minimum absolute atomic E-state index is 0.0147. The van der Waals surface area contributed by atoms with E-state index in [0.29, 0.717) is 0 Å². The van der Waals surface area contributed by atoms with Gasteiger partial charge in [-0.1, -0.05) is 0 Å². The molecule has 16 heteroatoms. The molecule has 2 saturated heterocycles. The highest BCUT2D eigenvalue weighted by atomic mass is 19.4. The van der Waals surface area contributed by atoms with Crippen molar-refractivity contribution in [1.29, 1.82) is 0 Å². The van der Waals surface area contributed by atoms with Crippen LogP contribution in [0.3, 0.4) is 0 Å². The monoisotopic (exact) mass is 580 g/mol. The molecule has 4 N–H and O–H groups in total. The maximum absolute atomic E-state index is 12.9. The van der Waals surface area contributed by atoms with Crippen molar-refractivity contribution in [3.8, 4) is 5.75 Å². The molecule has 10 nitrogen and oxygen atoms in total. The molecule has 0 radical (unpaired) electrons. The molecule has 3 heterocycles. The Bertz CT molecular complexity index is 1080. The Labute approximate surface area is 223 Å². The predicted octanol–water partition coefficient (Wildman–Crippen LogP) is 3.36. The average molecular weight is 580 g/mol. The molecule has 0 spiro atoms. The molecule has 2 aliphatic rings. The number of nitrogens with one attached hydrogen (secondary N) is 2. The Morgan fingerprint density at radius 3 is 1.77 bits per heavy atom. The maximum atomic E-state index is 12.9. The highest BCUT2D eigenvalue weighted by Crippen LogP contribution is 2.30. The second kappa shape index (κ2) is 14.5. The van der Waals surface area contributed by atoms with E-state index in [1.807, 2.05) is 36.4 Å². The smallest absolute Gasteiger partial charge is 0.490 e. The van der Waals surface area contributed by atoms with E-state index < -0.39 is 24.3 Å². The molecular weight excluding hydrogens is 554 g/mol. The van der Waals surface area contributed by atoms with Crippen LogP contribution in [0.4, 0.5) is 37.7 Å². The lowest BCUT2D eigenvalue weighted by Crippen LogP contribution is -2.51. The number of carbonyl (C=O) groups excluding carboxylic acids is 1. The van der Waals surface area contributed by atoms with Gasteiger partial charge in [0, 0.05) is 25.0 Å². The van der Waals surface area contributed by atoms with Gasteiger partial charge < -0.3 is 25.6 Å². The second-order valence-corrected chi connectivity index (χ2v) is 8.41. The van der Waals surface area contributed by atoms with Gasteiger partial charge in [0.2, 0.25) is 5.91 Å². The fraction of sp³-hybridized carbons (Fsp3) is 0.417. The van der Waals surface area contributed by atoms with Gasteiger partial charge in [-0.25, -0.2) is 9.59 Å². The maximum Gasteiger partial charge on any atom is 0.490 e. The Morgan fingerprint density at radius 2 is 1.38 bits per heavy atom. The predicted molar refractivity (Wildman–Crippen MR) is 128 cm³/mol. The third kappa shape index (κ3) is 10.3. The lowest BCUT2D eigenvalue weighted by Gasteiger charge is -2.32. The van der Waals surface area contributed by atoms with Crippen LogP contribution in [0.25, 0.3) is 0 Å². The van der Waals surface area contributed by atoms with E-state index in [0.717, 1.165) is 56.1 Å². The average Bonchev–Trinajstić information content (AvgIpc) is 2.85. The van der Waals surface area contributed by atoms with Gasteiger partial charge in [-0.3, -0.25) is 14.7 Å². The van der Waals surface area contributed by atoms with Gasteiger partial charge >= 0.3 is 24.3 Å². The molecule has 220 valence electrons. The number of carboxylic acids is 2. The van der Waals surface area contributed by atoms with Crippen molar-refractivity contribution >= 4 is 29.2 Å². The molecule has 2 aliphatic heterocycles. The number of carboxylic acid groups (broad SMARTS) is 2. The number of hydrogen-bond acceptors (Lipinski definition) is 7. The van der Waals surface area contributed by atoms with Crippen LogP contribution in [0.15, 0.2) is 48.8 Å². The minimum Gasteiger partial charge on any atom is -0.490 e. The van der Waals surface area contributed by atoms with E-state index >= 15 is 0 Å². The van der Waals surface area contributed by atoms with Crippen molar-refractivity contribution in [3.63, 3.8) is 0 Å². The first-order chi connectivity index (χ1) is 18.7. The summed E-state index contributed by atoms with van der Waals surface area (Å²) in [5, 5.41) is 20.8. The van der Waals surface area contributed by atoms with E-state index in [2.05, 4.69) is 15.6 Å². The Hall–Kier alpha value is -3.92. The number of aliphatic carboxylic acids is 2. The van der Waals surface area contributed by atoms with Gasteiger partial charge in [-0.15, -0.1) is 0 Å². The van der Waals surface area contributed by atoms with E-state index in [9.17, 15) is 31.1 Å². The van der Waals surface area contributed by atoms with Crippen molar-refractivity contribution in [3.05, 3.63) is 48.8 Å². The number of piperidine rings is 1. The van der Waals surface area contributed by atoms with Crippen LogP contribution in [0.5, 0.6) is 5.75 Å². The SMILES string of the molecule is O=C(C1CNC1)N(c1ccc(OC2CCNCC2)cc1)c1cccnc1.O=C(O)C(F)(F)F.O=C(O)C(F)(F)F. The third-order valence-corrected chi connectivity index (χ3v) is 5.42. The van der Waals surface area contributed by atoms with Crippen LogP contribution in [0.2, 0.25) is 0 Å². The standard InChI is InChI=1S/C20H24N4O2.2C2HF3O2/c25-20(15-12-23-13-15)24(17-2-1-9-22-14-17)16-3-5-18(6-4-16)26-19-7-10-21-11-8-19;2*3-2(4,5)1(6)7/h1-6,9,14-15,19,21,23H,7-8,10-13H2;2*(H,6,7). The molecular formula is C24H26F6N4O6. The first-order valence-corrected chi connectivity index (χ1v) is 11.7. The van der Waals surface area contributed by atoms with E-state index in [-0.39, 0.29) is 17.9 Å². The summed E-state index contributed by atoms with van der Waals surface area (Å²) in [6.07, 6.45) is -4.41. The van der Waals surface area contributed by atoms with Gasteiger partial charge in [0.1, 0.15) is 11.9 Å². The van der Waals surface area contributed by atoms with Crippen molar-refractivity contribution < 1.29 is 55.7 Å². The molecule has 0 bridgehead atoms. The quantitative estimate of drug-likeness (QED) is 0.392. The largest absolute Gasteiger partial charge is 0.490 e. The number of halogens is 6. The zero-order chi connectivity index (χ0) is 29.9. The molecule has 1 aromatic heterocycles. The lowest BCUT2D eigenvalue weighted by atomic mass is 10.0. The lowest BCUT2D eigenvalue weighted by molar-refractivity contribution is -0.193. The first-order valence-electron chi connectivity index (χ1n) is 11.7. The summed E-state index contributed by atoms with van der Waals surface area (Å²) in [6.45, 7) is 3.46. The first kappa shape index (κ1) is 32.3. The number of aromatic nitrogens is 1. The van der Waals surface area contributed by atoms with Gasteiger partial charge in [0.15, 0.2) is 0 Å². The molecule has 2 fully saturated rings. The van der Waals surface area contributed by atoms with Crippen molar-refractivity contribution in [2.24, 2.45) is 5.92 Å². The third-order valence-electron chi connectivity index (χ3n) is 5.42. The van der Waals surface area contributed by atoms with Crippen LogP contribution in [-0.2, 0) is 14.4 Å². The summed E-state index contributed by atoms with van der Waals surface area (Å²) in [4.78, 5) is 36.7. The number of nitrogens with zero attached hydrogens (tertiary/aromatic N) is 2. The van der Waals surface area contributed by atoms with Gasteiger partial charge in [0.25, 0.3) is 0 Å². The van der Waals surface area contributed by atoms with E-state index in [1.54, 1.807) is 17.3 Å². The zero-order valence-electron chi connectivity index (χ0n) is 20.7. The van der Waals surface area contributed by atoms with Crippen molar-refractivity contribution in [1.82, 2.24) is 15.6 Å². The van der Waals surface area contributed by atoms with Gasteiger partial charge in [-0.05, 0) is 62.3 Å². The zero-order valence-corrected chi connectivity index (χ0v) is 20.7. The van der Waals surface area contributed by atoms with Crippen LogP contribution in [0, 0.1) is 5.92 Å². The van der Waals surface area contributed by atoms with E-state index in [4.69, 9.17) is 24.5 Å². The number of hydrogen-bond donors (Lipinski definition) is 4. The molecule has 0 atom stereocenters. The fourth-order valence-electron chi connectivity index (χ4n) is 3.31. The second-order valence-electron chi connectivity index (χ2n) is 8.41. The van der Waals surface area contributed by atoms with Crippen molar-refractivity contribution in [2.75, 3.05) is 31.1 Å². The summed E-state index contributed by atoms with van der Waals surface area (Å²) in [7, 11) is 0. The number of alkyl halides is 6. The van der Waals surface area contributed by atoms with Crippen molar-refractivity contribution in [2.45, 2.75) is 31.3 Å². The molecule has 4 rings (SSSR count). The molecule has 0 saturated carbocycles. The molecule has 1 aromatic carbocycles. The number of pyridine rings is 1. The van der Waals surface area contributed by atoms with Crippen LogP contribution < -0.4 is 20.3 Å². The van der Waals surface area contributed by atoms with Crippen LogP contribution >= 0.6 is 0 Å². The van der Waals surface area contributed by atoms with E-state index in [1.165, 1.54) is 0 Å². The summed E-state index contributed by atoms with van der Waals surface area (Å²) in [5.74, 6) is -4.55. The molecule has 0 unspecified atom stereocenters. The van der Waals surface area contributed by atoms with Crippen LogP contribution in [-0.4, -0.2) is 77.7 Å². The summed E-state index contributed by atoms with van der Waals surface area (Å²) < 4.78 is 69.5. The highest BCUT2D eigenvalue weighted by molar-refractivity contribution is 6.02. The van der Waals surface area contributed by atoms with Gasteiger partial charge in [0.05, 0.1) is 17.8 Å². The summed E-state index contributed by atoms with van der Waals surface area (Å²) >= 11 is 0. The summed E-state index contributed by atoms with van der Waals surface area (Å²) in [6, 6.07) is 11.6. The number of anilines is 2. The Balaban J connectivity index is 0.000000333. The topological polar surface area (TPSA) is 141 Å². The Kier molecular flexibility index (Phi) is 11.7. The summed E-state index contributed by atoms with van der Waals surface area (Å²) in [5.41, 5.74) is 1.63. The van der Waals surface area contributed by atoms with Gasteiger partial charge in [-0.2, -0.15) is 26.3 Å². The number of amides is 1. The number of carbonyl (C=O) groups is 3. The number of rotatable bonds is 5. The highest BCUT2D eigenvalue weighted by Gasteiger charge is 2.39. The molecule has 2 aromatic rings. The number of benzene rings is 1. The Morgan fingerprint density at radius 1 is 0.850 bits per heavy atom. The molecule has 40 heavy (non-hydrogen) atoms.